The van der Waals surface area contributed by atoms with Gasteiger partial charge in [0.2, 0.25) is 0 Å². The van der Waals surface area contributed by atoms with Gasteiger partial charge in [-0.15, -0.1) is 11.6 Å². The Balaban J connectivity index is 0.000001000. The van der Waals surface area contributed by atoms with Gasteiger partial charge in [-0.1, -0.05) is 24.3 Å². The summed E-state index contributed by atoms with van der Waals surface area (Å²) in [6, 6.07) is 8.19. The van der Waals surface area contributed by atoms with Crippen molar-refractivity contribution in [1.29, 1.82) is 0 Å². The summed E-state index contributed by atoms with van der Waals surface area (Å²) in [5, 5.41) is 0. The van der Waals surface area contributed by atoms with Gasteiger partial charge >= 0.3 is 0 Å². The van der Waals surface area contributed by atoms with Gasteiger partial charge in [-0.3, -0.25) is 0 Å². The highest BCUT2D eigenvalue weighted by Gasteiger charge is 1.90. The lowest BCUT2D eigenvalue weighted by Gasteiger charge is -1.95. The van der Waals surface area contributed by atoms with Crippen molar-refractivity contribution in [2.45, 2.75) is 12.4 Å². The molecule has 0 unspecified atom stereocenters. The van der Waals surface area contributed by atoms with Crippen LogP contribution < -0.4 is 18.1 Å². The van der Waals surface area contributed by atoms with Crippen LogP contribution in [0.15, 0.2) is 24.3 Å². The highest BCUT2D eigenvalue weighted by molar-refractivity contribution is 6.17. The van der Waals surface area contributed by atoms with Crippen molar-refractivity contribution < 1.29 is 18.1 Å². The summed E-state index contributed by atoms with van der Waals surface area (Å²) in [7, 11) is 0. The molecule has 0 fully saturated rings. The van der Waals surface area contributed by atoms with E-state index in [4.69, 9.17) is 11.6 Å². The van der Waals surface area contributed by atoms with E-state index in [0.29, 0.717) is 5.88 Å². The number of rotatable bonds is 2. The van der Waals surface area contributed by atoms with Crippen molar-refractivity contribution in [2.75, 3.05) is 0 Å². The molecular formula is C8H11Cl2N. The predicted octanol–water partition coefficient (Wildman–Crippen LogP) is -1.83. The molecule has 1 aromatic carbocycles. The summed E-state index contributed by atoms with van der Waals surface area (Å²) < 4.78 is 0. The van der Waals surface area contributed by atoms with Gasteiger partial charge in [-0.2, -0.15) is 0 Å². The van der Waals surface area contributed by atoms with Crippen molar-refractivity contribution in [3.63, 3.8) is 0 Å². The smallest absolute Gasteiger partial charge is 0.0997 e. The zero-order chi connectivity index (χ0) is 7.40. The monoisotopic (exact) mass is 191 g/mol. The molecule has 11 heavy (non-hydrogen) atoms. The van der Waals surface area contributed by atoms with Crippen molar-refractivity contribution >= 4 is 11.6 Å². The molecule has 62 valence electrons. The van der Waals surface area contributed by atoms with Gasteiger partial charge in [0.25, 0.3) is 0 Å². The SMILES string of the molecule is [Cl-].[NH3+]Cc1ccc(CCl)cc1. The molecule has 0 amide bonds. The summed E-state index contributed by atoms with van der Waals surface area (Å²) in [5.74, 6) is 0.595. The zero-order valence-corrected chi connectivity index (χ0v) is 7.70. The standard InChI is InChI=1S/C8H10ClN.ClH/c9-5-7-1-3-8(6-10)4-2-7;/h1-4H,5-6,10H2;1H. The fourth-order valence-corrected chi connectivity index (χ4v) is 0.973. The highest BCUT2D eigenvalue weighted by Crippen LogP contribution is 2.05. The van der Waals surface area contributed by atoms with E-state index < -0.39 is 0 Å². The fourth-order valence-electron chi connectivity index (χ4n) is 0.795. The molecule has 0 aromatic heterocycles. The van der Waals surface area contributed by atoms with Crippen LogP contribution in [-0.4, -0.2) is 0 Å². The molecule has 0 aliphatic rings. The van der Waals surface area contributed by atoms with Crippen LogP contribution in [0.4, 0.5) is 0 Å². The van der Waals surface area contributed by atoms with E-state index in [1.54, 1.807) is 0 Å². The van der Waals surface area contributed by atoms with Gasteiger partial charge in [0.1, 0.15) is 0 Å². The lowest BCUT2D eigenvalue weighted by Crippen LogP contribution is -3.00. The summed E-state index contributed by atoms with van der Waals surface area (Å²) >= 11 is 5.61. The molecule has 3 heteroatoms. The number of hydrogen-bond acceptors (Lipinski definition) is 0. The molecule has 0 saturated heterocycles. The fraction of sp³-hybridized carbons (Fsp3) is 0.250. The maximum atomic E-state index is 5.61. The van der Waals surface area contributed by atoms with Crippen molar-refractivity contribution in [3.05, 3.63) is 35.4 Å². The van der Waals surface area contributed by atoms with E-state index in [2.05, 4.69) is 17.9 Å². The van der Waals surface area contributed by atoms with E-state index in [-0.39, 0.29) is 12.4 Å². The molecule has 1 rings (SSSR count). The van der Waals surface area contributed by atoms with E-state index >= 15 is 0 Å². The Kier molecular flexibility index (Phi) is 5.30. The van der Waals surface area contributed by atoms with E-state index in [0.717, 1.165) is 6.54 Å². The molecule has 1 nitrogen and oxygen atoms in total. The average molecular weight is 192 g/mol. The van der Waals surface area contributed by atoms with Gasteiger partial charge < -0.3 is 18.1 Å². The van der Waals surface area contributed by atoms with Gasteiger partial charge in [-0.25, -0.2) is 0 Å². The second kappa shape index (κ2) is 5.42. The van der Waals surface area contributed by atoms with Crippen LogP contribution >= 0.6 is 11.6 Å². The molecule has 0 aliphatic carbocycles. The lowest BCUT2D eigenvalue weighted by atomic mass is 10.1. The maximum absolute atomic E-state index is 5.61. The predicted molar refractivity (Wildman–Crippen MR) is 42.6 cm³/mol. The minimum absolute atomic E-state index is 0. The largest absolute Gasteiger partial charge is 1.00 e. The van der Waals surface area contributed by atoms with E-state index in [1.807, 2.05) is 12.1 Å². The quantitative estimate of drug-likeness (QED) is 0.534. The molecule has 0 aliphatic heterocycles. The Bertz CT molecular complexity index is 173. The van der Waals surface area contributed by atoms with E-state index in [1.165, 1.54) is 11.1 Å². The van der Waals surface area contributed by atoms with Crippen LogP contribution in [0.1, 0.15) is 11.1 Å². The van der Waals surface area contributed by atoms with Crippen molar-refractivity contribution in [3.8, 4) is 0 Å². The van der Waals surface area contributed by atoms with Crippen molar-refractivity contribution in [1.82, 2.24) is 0 Å². The Morgan fingerprint density at radius 2 is 1.55 bits per heavy atom. The maximum Gasteiger partial charge on any atom is 0.0997 e. The third kappa shape index (κ3) is 3.10. The lowest BCUT2D eigenvalue weighted by molar-refractivity contribution is -0.386. The van der Waals surface area contributed by atoms with Gasteiger partial charge in [-0.05, 0) is 5.56 Å². The summed E-state index contributed by atoms with van der Waals surface area (Å²) in [6.07, 6.45) is 0. The zero-order valence-electron chi connectivity index (χ0n) is 6.19. The molecule has 0 radical (unpaired) electrons. The third-order valence-corrected chi connectivity index (χ3v) is 1.77. The summed E-state index contributed by atoms with van der Waals surface area (Å²) in [4.78, 5) is 0. The van der Waals surface area contributed by atoms with Crippen LogP contribution in [0.2, 0.25) is 0 Å². The number of alkyl halides is 1. The Labute approximate surface area is 78.0 Å². The summed E-state index contributed by atoms with van der Waals surface area (Å²) in [5.41, 5.74) is 6.20. The van der Waals surface area contributed by atoms with Gasteiger partial charge in [0.05, 0.1) is 6.54 Å². The molecule has 0 saturated carbocycles. The first kappa shape index (κ1) is 10.8. The van der Waals surface area contributed by atoms with Crippen LogP contribution in [0.5, 0.6) is 0 Å². The van der Waals surface area contributed by atoms with Crippen molar-refractivity contribution in [2.24, 2.45) is 0 Å². The second-order valence-corrected chi connectivity index (χ2v) is 2.47. The Morgan fingerprint density at radius 3 is 1.91 bits per heavy atom. The number of benzene rings is 1. The molecule has 0 atom stereocenters. The third-order valence-electron chi connectivity index (χ3n) is 1.47. The molecule has 0 heterocycles. The minimum Gasteiger partial charge on any atom is -1.00 e. The molecule has 0 bridgehead atoms. The Hall–Kier alpha value is -0.240. The average Bonchev–Trinajstić information content (AvgIpc) is 2.05. The van der Waals surface area contributed by atoms with Crippen LogP contribution in [0, 0.1) is 0 Å². The second-order valence-electron chi connectivity index (χ2n) is 2.20. The molecule has 1 aromatic rings. The first-order valence-electron chi connectivity index (χ1n) is 3.30. The normalized spacial score (nSPS) is 8.91. The molecular weight excluding hydrogens is 181 g/mol. The van der Waals surface area contributed by atoms with Crippen LogP contribution in [0.25, 0.3) is 0 Å². The molecule has 3 N–H and O–H groups in total. The number of quaternary nitrogens is 1. The minimum atomic E-state index is 0. The number of hydrogen-bond donors (Lipinski definition) is 1. The topological polar surface area (TPSA) is 27.6 Å². The first-order chi connectivity index (χ1) is 4.86. The highest BCUT2D eigenvalue weighted by atomic mass is 35.5. The van der Waals surface area contributed by atoms with Crippen LogP contribution in [-0.2, 0) is 12.4 Å². The Morgan fingerprint density at radius 1 is 1.09 bits per heavy atom. The van der Waals surface area contributed by atoms with E-state index in [9.17, 15) is 0 Å². The molecule has 0 spiro atoms. The number of halogens is 2. The summed E-state index contributed by atoms with van der Waals surface area (Å²) in [6.45, 7) is 0.850. The van der Waals surface area contributed by atoms with Crippen LogP contribution in [0.3, 0.4) is 0 Å². The first-order valence-corrected chi connectivity index (χ1v) is 3.83. The van der Waals surface area contributed by atoms with Gasteiger partial charge in [0, 0.05) is 11.4 Å². The van der Waals surface area contributed by atoms with Gasteiger partial charge in [0.15, 0.2) is 0 Å².